The molecule has 1 aliphatic rings. The summed E-state index contributed by atoms with van der Waals surface area (Å²) in [4.78, 5) is 6.87. The molecule has 4 nitrogen and oxygen atoms in total. The number of rotatable bonds is 6. The van der Waals surface area contributed by atoms with Crippen LogP contribution in [0, 0.1) is 0 Å². The van der Waals surface area contributed by atoms with Crippen molar-refractivity contribution in [1.82, 2.24) is 9.88 Å². The van der Waals surface area contributed by atoms with Gasteiger partial charge in [0.2, 0.25) is 0 Å². The summed E-state index contributed by atoms with van der Waals surface area (Å²) in [7, 11) is 1.64. The Kier molecular flexibility index (Phi) is 5.57. The van der Waals surface area contributed by atoms with Crippen LogP contribution in [0.2, 0.25) is 5.02 Å². The van der Waals surface area contributed by atoms with E-state index < -0.39 is 0 Å². The van der Waals surface area contributed by atoms with Crippen molar-refractivity contribution in [2.24, 2.45) is 0 Å². The predicted molar refractivity (Wildman–Crippen MR) is 93.7 cm³/mol. The predicted octanol–water partition coefficient (Wildman–Crippen LogP) is 4.15. The normalized spacial score (nSPS) is 15.7. The first-order valence-electron chi connectivity index (χ1n) is 8.25. The minimum atomic E-state index is 0.671. The molecule has 1 aromatic heterocycles. The van der Waals surface area contributed by atoms with Gasteiger partial charge in [0.05, 0.1) is 24.3 Å². The molecule has 0 radical (unpaired) electrons. The summed E-state index contributed by atoms with van der Waals surface area (Å²) in [6.45, 7) is 4.22. The fourth-order valence-corrected chi connectivity index (χ4v) is 3.25. The molecule has 0 aliphatic carbocycles. The molecule has 23 heavy (non-hydrogen) atoms. The number of aromatic nitrogens is 1. The summed E-state index contributed by atoms with van der Waals surface area (Å²) in [5, 5.41) is 1.55. The van der Waals surface area contributed by atoms with Crippen LogP contribution < -0.4 is 9.47 Å². The molecule has 1 aliphatic heterocycles. The molecule has 0 saturated carbocycles. The number of likely N-dealkylation sites (tertiary alicyclic amines) is 1. The van der Waals surface area contributed by atoms with Crippen LogP contribution in [0.4, 0.5) is 0 Å². The van der Waals surface area contributed by atoms with E-state index in [2.05, 4.69) is 9.88 Å². The molecule has 0 atom stereocenters. The van der Waals surface area contributed by atoms with E-state index in [1.165, 1.54) is 32.4 Å². The van der Waals surface area contributed by atoms with E-state index >= 15 is 0 Å². The number of hydrogen-bond donors (Lipinski definition) is 0. The number of fused-ring (bicyclic) bond motifs is 1. The van der Waals surface area contributed by atoms with Crippen molar-refractivity contribution in [3.8, 4) is 11.5 Å². The Balaban J connectivity index is 1.62. The number of nitrogens with zero attached hydrogens (tertiary/aromatic N) is 2. The smallest absolute Gasteiger partial charge is 0.163 e. The van der Waals surface area contributed by atoms with E-state index in [0.717, 1.165) is 29.6 Å². The van der Waals surface area contributed by atoms with Gasteiger partial charge in [-0.15, -0.1) is 0 Å². The third kappa shape index (κ3) is 4.06. The van der Waals surface area contributed by atoms with E-state index in [4.69, 9.17) is 21.1 Å². The molecule has 0 N–H and O–H groups in total. The third-order valence-electron chi connectivity index (χ3n) is 4.30. The zero-order valence-corrected chi connectivity index (χ0v) is 14.3. The number of piperidine rings is 1. The molecule has 0 bridgehead atoms. The molecule has 0 amide bonds. The molecule has 2 aromatic rings. The molecule has 0 spiro atoms. The Morgan fingerprint density at radius 2 is 2.00 bits per heavy atom. The maximum Gasteiger partial charge on any atom is 0.163 e. The number of hydrogen-bond acceptors (Lipinski definition) is 4. The van der Waals surface area contributed by atoms with Crippen molar-refractivity contribution >= 4 is 22.5 Å². The van der Waals surface area contributed by atoms with Gasteiger partial charge in [0.1, 0.15) is 0 Å². The molecule has 5 heteroatoms. The number of ether oxygens (including phenoxy) is 2. The summed E-state index contributed by atoms with van der Waals surface area (Å²) in [6.07, 6.45) is 6.75. The second kappa shape index (κ2) is 7.84. The zero-order valence-electron chi connectivity index (χ0n) is 13.6. The lowest BCUT2D eigenvalue weighted by atomic mass is 10.1. The third-order valence-corrected chi connectivity index (χ3v) is 4.63. The van der Waals surface area contributed by atoms with Gasteiger partial charge < -0.3 is 14.4 Å². The Labute approximate surface area is 142 Å². The molecule has 2 heterocycles. The molecule has 1 fully saturated rings. The summed E-state index contributed by atoms with van der Waals surface area (Å²) in [6, 6.07) is 5.58. The Bertz CT molecular complexity index is 657. The summed E-state index contributed by atoms with van der Waals surface area (Å²) < 4.78 is 11.4. The van der Waals surface area contributed by atoms with Gasteiger partial charge in [-0.05, 0) is 44.5 Å². The summed E-state index contributed by atoms with van der Waals surface area (Å²) >= 11 is 6.21. The highest BCUT2D eigenvalue weighted by Crippen LogP contribution is 2.34. The Hall–Kier alpha value is -1.52. The van der Waals surface area contributed by atoms with Crippen LogP contribution in [0.3, 0.4) is 0 Å². The van der Waals surface area contributed by atoms with Gasteiger partial charge in [0, 0.05) is 24.2 Å². The lowest BCUT2D eigenvalue weighted by molar-refractivity contribution is 0.203. The molecular weight excluding hydrogens is 312 g/mol. The fourth-order valence-electron chi connectivity index (χ4n) is 3.05. The van der Waals surface area contributed by atoms with Gasteiger partial charge in [-0.1, -0.05) is 18.0 Å². The summed E-state index contributed by atoms with van der Waals surface area (Å²) in [5.41, 5.74) is 0.823. The fraction of sp³-hybridized carbons (Fsp3) is 0.500. The van der Waals surface area contributed by atoms with E-state index in [1.807, 2.05) is 12.1 Å². The average molecular weight is 335 g/mol. The van der Waals surface area contributed by atoms with Crippen molar-refractivity contribution in [1.29, 1.82) is 0 Å². The van der Waals surface area contributed by atoms with E-state index in [9.17, 15) is 0 Å². The van der Waals surface area contributed by atoms with Crippen molar-refractivity contribution in [3.05, 3.63) is 29.4 Å². The van der Waals surface area contributed by atoms with Gasteiger partial charge in [-0.25, -0.2) is 0 Å². The van der Waals surface area contributed by atoms with E-state index in [1.54, 1.807) is 19.4 Å². The number of halogens is 1. The number of pyridine rings is 1. The molecule has 1 saturated heterocycles. The van der Waals surface area contributed by atoms with Crippen LogP contribution in [-0.4, -0.2) is 43.2 Å². The van der Waals surface area contributed by atoms with Gasteiger partial charge in [-0.2, -0.15) is 0 Å². The molecular formula is C18H23ClN2O2. The van der Waals surface area contributed by atoms with Crippen LogP contribution in [-0.2, 0) is 0 Å². The van der Waals surface area contributed by atoms with Crippen LogP contribution in [0.15, 0.2) is 24.4 Å². The van der Waals surface area contributed by atoms with Crippen molar-refractivity contribution in [2.75, 3.05) is 33.4 Å². The topological polar surface area (TPSA) is 34.6 Å². The lowest BCUT2D eigenvalue weighted by Crippen LogP contribution is -2.31. The molecule has 124 valence electrons. The largest absolute Gasteiger partial charge is 0.493 e. The van der Waals surface area contributed by atoms with E-state index in [-0.39, 0.29) is 0 Å². The van der Waals surface area contributed by atoms with E-state index in [0.29, 0.717) is 17.4 Å². The maximum atomic E-state index is 6.21. The van der Waals surface area contributed by atoms with Gasteiger partial charge in [0.25, 0.3) is 0 Å². The number of benzene rings is 1. The second-order valence-corrected chi connectivity index (χ2v) is 6.32. The Morgan fingerprint density at radius 3 is 2.78 bits per heavy atom. The number of methoxy groups -OCH3 is 1. The summed E-state index contributed by atoms with van der Waals surface area (Å²) in [5.74, 6) is 1.43. The van der Waals surface area contributed by atoms with Crippen molar-refractivity contribution in [3.63, 3.8) is 0 Å². The Morgan fingerprint density at radius 1 is 1.17 bits per heavy atom. The average Bonchev–Trinajstić information content (AvgIpc) is 2.59. The molecule has 0 unspecified atom stereocenters. The first-order chi connectivity index (χ1) is 11.3. The maximum absolute atomic E-state index is 6.21. The van der Waals surface area contributed by atoms with Crippen LogP contribution >= 0.6 is 11.6 Å². The van der Waals surface area contributed by atoms with Crippen LogP contribution in [0.5, 0.6) is 11.5 Å². The molecule has 3 rings (SSSR count). The second-order valence-electron chi connectivity index (χ2n) is 5.92. The van der Waals surface area contributed by atoms with Crippen molar-refractivity contribution < 1.29 is 9.47 Å². The van der Waals surface area contributed by atoms with Crippen LogP contribution in [0.1, 0.15) is 25.7 Å². The van der Waals surface area contributed by atoms with Crippen molar-refractivity contribution in [2.45, 2.75) is 25.7 Å². The quantitative estimate of drug-likeness (QED) is 0.743. The standard InChI is InChI=1S/C18H23ClN2O2/c1-22-17-12-14-15(19)6-7-20-16(14)13-18(17)23-11-5-10-21-8-3-2-4-9-21/h6-7,12-13H,2-5,8-11H2,1H3. The highest BCUT2D eigenvalue weighted by Gasteiger charge is 2.11. The van der Waals surface area contributed by atoms with Crippen LogP contribution in [0.25, 0.3) is 10.9 Å². The monoisotopic (exact) mass is 334 g/mol. The van der Waals surface area contributed by atoms with Gasteiger partial charge >= 0.3 is 0 Å². The zero-order chi connectivity index (χ0) is 16.1. The first kappa shape index (κ1) is 16.3. The van der Waals surface area contributed by atoms with Gasteiger partial charge in [0.15, 0.2) is 11.5 Å². The first-order valence-corrected chi connectivity index (χ1v) is 8.63. The minimum Gasteiger partial charge on any atom is -0.493 e. The lowest BCUT2D eigenvalue weighted by Gasteiger charge is -2.26. The highest BCUT2D eigenvalue weighted by atomic mass is 35.5. The molecule has 1 aromatic carbocycles. The van der Waals surface area contributed by atoms with Gasteiger partial charge in [-0.3, -0.25) is 4.98 Å². The highest BCUT2D eigenvalue weighted by molar-refractivity contribution is 6.35. The SMILES string of the molecule is COc1cc2c(Cl)ccnc2cc1OCCCN1CCCCC1. The minimum absolute atomic E-state index is 0.671.